The van der Waals surface area contributed by atoms with Crippen LogP contribution >= 0.6 is 11.8 Å². The molecule has 0 saturated heterocycles. The van der Waals surface area contributed by atoms with E-state index >= 15 is 0 Å². The quantitative estimate of drug-likeness (QED) is 0.335. The molecule has 0 radical (unpaired) electrons. The van der Waals surface area contributed by atoms with Crippen molar-refractivity contribution in [2.24, 2.45) is 5.41 Å². The van der Waals surface area contributed by atoms with Crippen LogP contribution in [0.15, 0.2) is 83.8 Å². The lowest BCUT2D eigenvalue weighted by Crippen LogP contribution is -2.20. The van der Waals surface area contributed by atoms with Gasteiger partial charge in [0.2, 0.25) is 11.8 Å². The van der Waals surface area contributed by atoms with Crippen LogP contribution in [0.25, 0.3) is 0 Å². The number of nitrogens with one attached hydrogen (secondary N) is 2. The molecule has 3 rings (SSSR count). The van der Waals surface area contributed by atoms with Crippen molar-refractivity contribution in [3.8, 4) is 0 Å². The van der Waals surface area contributed by atoms with Crippen molar-refractivity contribution in [1.29, 1.82) is 0 Å². The van der Waals surface area contributed by atoms with Crippen molar-refractivity contribution < 1.29 is 19.5 Å². The first kappa shape index (κ1) is 25.1. The highest BCUT2D eigenvalue weighted by Crippen LogP contribution is 2.37. The number of carbonyl (C=O) groups excluding carboxylic acids is 2. The Hall–Kier alpha value is -3.58. The zero-order valence-corrected chi connectivity index (χ0v) is 20.2. The molecule has 3 aromatic rings. The molecule has 0 bridgehead atoms. The molecular formula is C27H28N2O4S. The zero-order chi connectivity index (χ0) is 24.7. The lowest BCUT2D eigenvalue weighted by Gasteiger charge is -2.19. The lowest BCUT2D eigenvalue weighted by atomic mass is 9.92. The summed E-state index contributed by atoms with van der Waals surface area (Å²) in [5.41, 5.74) is 1.86. The highest BCUT2D eigenvalue weighted by molar-refractivity contribution is 8.00. The van der Waals surface area contributed by atoms with Crippen LogP contribution in [0.3, 0.4) is 0 Å². The van der Waals surface area contributed by atoms with E-state index in [1.54, 1.807) is 12.1 Å². The molecule has 0 aliphatic carbocycles. The van der Waals surface area contributed by atoms with E-state index in [1.165, 1.54) is 23.9 Å². The minimum absolute atomic E-state index is 0.0645. The number of thioether (sulfide) groups is 1. The van der Waals surface area contributed by atoms with Gasteiger partial charge in [0.25, 0.3) is 0 Å². The molecule has 3 N–H and O–H groups in total. The first-order valence-electron chi connectivity index (χ1n) is 10.9. The number of carboxylic acids is 1. The first-order chi connectivity index (χ1) is 16.1. The van der Waals surface area contributed by atoms with Crippen molar-refractivity contribution in [2.45, 2.75) is 37.3 Å². The molecule has 1 unspecified atom stereocenters. The number of benzene rings is 3. The lowest BCUT2D eigenvalue weighted by molar-refractivity contribution is -0.118. The summed E-state index contributed by atoms with van der Waals surface area (Å²) in [5.74, 6) is -1.40. The summed E-state index contributed by atoms with van der Waals surface area (Å²) in [6.45, 7) is 6.02. The summed E-state index contributed by atoms with van der Waals surface area (Å²) in [5, 5.41) is 14.4. The SMILES string of the molecule is CC(C)(C)CC(=O)Nc1cccc(SC(C(=O)Nc2cccc(C(=O)O)c2)c2ccccc2)c1. The first-order valence-corrected chi connectivity index (χ1v) is 11.7. The van der Waals surface area contributed by atoms with Crippen molar-refractivity contribution in [1.82, 2.24) is 0 Å². The van der Waals surface area contributed by atoms with Crippen LogP contribution in [0, 0.1) is 5.41 Å². The van der Waals surface area contributed by atoms with E-state index in [1.807, 2.05) is 75.4 Å². The van der Waals surface area contributed by atoms with Gasteiger partial charge in [-0.25, -0.2) is 4.79 Å². The predicted molar refractivity (Wildman–Crippen MR) is 136 cm³/mol. The maximum atomic E-state index is 13.3. The van der Waals surface area contributed by atoms with E-state index in [2.05, 4.69) is 10.6 Å². The largest absolute Gasteiger partial charge is 0.478 e. The Labute approximate surface area is 203 Å². The van der Waals surface area contributed by atoms with Gasteiger partial charge < -0.3 is 15.7 Å². The third kappa shape index (κ3) is 7.49. The molecule has 3 aromatic carbocycles. The number of aromatic carboxylic acids is 1. The summed E-state index contributed by atoms with van der Waals surface area (Å²) < 4.78 is 0. The molecule has 6 nitrogen and oxygen atoms in total. The molecule has 1 atom stereocenters. The van der Waals surface area contributed by atoms with Gasteiger partial charge in [-0.2, -0.15) is 0 Å². The van der Waals surface area contributed by atoms with Crippen LogP contribution in [0.1, 0.15) is 48.4 Å². The van der Waals surface area contributed by atoms with E-state index < -0.39 is 11.2 Å². The van der Waals surface area contributed by atoms with Crippen LogP contribution in [-0.4, -0.2) is 22.9 Å². The van der Waals surface area contributed by atoms with Gasteiger partial charge in [0, 0.05) is 22.7 Å². The Morgan fingerprint density at radius 3 is 2.15 bits per heavy atom. The van der Waals surface area contributed by atoms with Gasteiger partial charge >= 0.3 is 5.97 Å². The fraction of sp³-hybridized carbons (Fsp3) is 0.222. The van der Waals surface area contributed by atoms with Crippen LogP contribution in [-0.2, 0) is 9.59 Å². The van der Waals surface area contributed by atoms with E-state index in [0.29, 0.717) is 17.8 Å². The van der Waals surface area contributed by atoms with Gasteiger partial charge in [-0.15, -0.1) is 11.8 Å². The number of hydrogen-bond acceptors (Lipinski definition) is 4. The topological polar surface area (TPSA) is 95.5 Å². The standard InChI is InChI=1S/C27H28N2O4S/c1-27(2,3)17-23(30)28-21-13-8-14-22(16-21)34-24(18-9-5-4-6-10-18)25(31)29-20-12-7-11-19(15-20)26(32)33/h4-16,24H,17H2,1-3H3,(H,28,30)(H,29,31)(H,32,33). The fourth-order valence-electron chi connectivity index (χ4n) is 3.31. The number of hydrogen-bond donors (Lipinski definition) is 3. The summed E-state index contributed by atoms with van der Waals surface area (Å²) in [7, 11) is 0. The molecular weight excluding hydrogens is 448 g/mol. The Morgan fingerprint density at radius 1 is 0.853 bits per heavy atom. The molecule has 7 heteroatoms. The van der Waals surface area contributed by atoms with Crippen LogP contribution in [0.5, 0.6) is 0 Å². The van der Waals surface area contributed by atoms with Crippen molar-refractivity contribution in [2.75, 3.05) is 10.6 Å². The highest BCUT2D eigenvalue weighted by Gasteiger charge is 2.23. The molecule has 0 saturated carbocycles. The number of carboxylic acid groups (broad SMARTS) is 1. The maximum absolute atomic E-state index is 13.3. The second-order valence-corrected chi connectivity index (χ2v) is 10.3. The molecule has 2 amide bonds. The third-order valence-corrected chi connectivity index (χ3v) is 6.03. The Kier molecular flexibility index (Phi) is 8.12. The Balaban J connectivity index is 1.81. The van der Waals surface area contributed by atoms with Gasteiger partial charge in [-0.05, 0) is 47.4 Å². The van der Waals surface area contributed by atoms with Gasteiger partial charge in [0.05, 0.1) is 5.56 Å². The van der Waals surface area contributed by atoms with Crippen molar-refractivity contribution >= 4 is 40.9 Å². The third-order valence-electron chi connectivity index (χ3n) is 4.78. The monoisotopic (exact) mass is 476 g/mol. The minimum Gasteiger partial charge on any atom is -0.478 e. The van der Waals surface area contributed by atoms with Gasteiger partial charge in [-0.1, -0.05) is 63.2 Å². The zero-order valence-electron chi connectivity index (χ0n) is 19.4. The average molecular weight is 477 g/mol. The van der Waals surface area contributed by atoms with E-state index in [0.717, 1.165) is 10.5 Å². The van der Waals surface area contributed by atoms with Crippen molar-refractivity contribution in [3.63, 3.8) is 0 Å². The molecule has 34 heavy (non-hydrogen) atoms. The van der Waals surface area contributed by atoms with Crippen LogP contribution in [0.4, 0.5) is 11.4 Å². The Morgan fingerprint density at radius 2 is 1.50 bits per heavy atom. The van der Waals surface area contributed by atoms with Gasteiger partial charge in [0.1, 0.15) is 5.25 Å². The summed E-state index contributed by atoms with van der Waals surface area (Å²) in [4.78, 5) is 37.7. The molecule has 0 spiro atoms. The van der Waals surface area contributed by atoms with Gasteiger partial charge in [-0.3, -0.25) is 9.59 Å². The molecule has 0 aromatic heterocycles. The smallest absolute Gasteiger partial charge is 0.335 e. The molecule has 0 fully saturated rings. The Bertz CT molecular complexity index is 1170. The molecule has 0 heterocycles. The van der Waals surface area contributed by atoms with Crippen LogP contribution < -0.4 is 10.6 Å². The second-order valence-electron chi connectivity index (χ2n) is 9.10. The molecule has 0 aliphatic heterocycles. The average Bonchev–Trinajstić information content (AvgIpc) is 2.77. The summed E-state index contributed by atoms with van der Waals surface area (Å²) in [6, 6.07) is 22.9. The minimum atomic E-state index is -1.06. The number of anilines is 2. The van der Waals surface area contributed by atoms with Crippen molar-refractivity contribution in [3.05, 3.63) is 90.0 Å². The summed E-state index contributed by atoms with van der Waals surface area (Å²) in [6.07, 6.45) is 0.398. The van der Waals surface area contributed by atoms with Gasteiger partial charge in [0.15, 0.2) is 0 Å². The van der Waals surface area contributed by atoms with E-state index in [4.69, 9.17) is 0 Å². The number of carbonyl (C=O) groups is 3. The maximum Gasteiger partial charge on any atom is 0.335 e. The second kappa shape index (κ2) is 11.0. The highest BCUT2D eigenvalue weighted by atomic mass is 32.2. The predicted octanol–water partition coefficient (Wildman–Crippen LogP) is 6.23. The van der Waals surface area contributed by atoms with E-state index in [-0.39, 0.29) is 22.8 Å². The number of amides is 2. The van der Waals surface area contributed by atoms with Crippen LogP contribution in [0.2, 0.25) is 0 Å². The molecule has 176 valence electrons. The molecule has 0 aliphatic rings. The number of rotatable bonds is 8. The summed E-state index contributed by atoms with van der Waals surface area (Å²) >= 11 is 1.35. The normalized spacial score (nSPS) is 12.0. The fourth-order valence-corrected chi connectivity index (χ4v) is 4.39. The van der Waals surface area contributed by atoms with E-state index in [9.17, 15) is 19.5 Å².